The number of carbonyl (C=O) groups is 1. The molecule has 1 aliphatic rings. The van der Waals surface area contributed by atoms with Gasteiger partial charge in [0.1, 0.15) is 11.6 Å². The number of nitrogens with one attached hydrogen (secondary N) is 1. The van der Waals surface area contributed by atoms with Crippen LogP contribution in [-0.2, 0) is 6.42 Å². The van der Waals surface area contributed by atoms with E-state index in [1.54, 1.807) is 19.1 Å². The molecule has 0 radical (unpaired) electrons. The number of hydrogen-bond donors (Lipinski definition) is 1. The lowest BCUT2D eigenvalue weighted by Gasteiger charge is -2.09. The van der Waals surface area contributed by atoms with Crippen molar-refractivity contribution in [1.82, 2.24) is 20.3 Å². The number of rotatable bonds is 5. The van der Waals surface area contributed by atoms with E-state index in [9.17, 15) is 9.18 Å². The van der Waals surface area contributed by atoms with Gasteiger partial charge in [0.05, 0.1) is 11.1 Å². The third-order valence-corrected chi connectivity index (χ3v) is 4.51. The molecule has 0 unspecified atom stereocenters. The number of fused-ring (bicyclic) bond motifs is 1. The van der Waals surface area contributed by atoms with Gasteiger partial charge in [-0.15, -0.1) is 0 Å². The monoisotopic (exact) mass is 350 g/mol. The number of amides is 1. The molecule has 1 saturated carbocycles. The van der Waals surface area contributed by atoms with Crippen molar-refractivity contribution in [2.75, 3.05) is 6.54 Å². The summed E-state index contributed by atoms with van der Waals surface area (Å²) >= 11 is 0. The summed E-state index contributed by atoms with van der Waals surface area (Å²) in [5.74, 6) is 0.903. The SMILES string of the molecule is Cc1cc(C(=O)NCCc2cnc(C3CC3)nc2)c2ccc(F)cc2n1. The summed E-state index contributed by atoms with van der Waals surface area (Å²) in [6.45, 7) is 2.27. The summed E-state index contributed by atoms with van der Waals surface area (Å²) in [6.07, 6.45) is 6.69. The van der Waals surface area contributed by atoms with Crippen LogP contribution in [-0.4, -0.2) is 27.4 Å². The Morgan fingerprint density at radius 1 is 1.23 bits per heavy atom. The summed E-state index contributed by atoms with van der Waals surface area (Å²) in [4.78, 5) is 25.7. The average Bonchev–Trinajstić information content (AvgIpc) is 3.46. The largest absolute Gasteiger partial charge is 0.352 e. The van der Waals surface area contributed by atoms with Gasteiger partial charge in [0.2, 0.25) is 0 Å². The molecule has 0 saturated heterocycles. The van der Waals surface area contributed by atoms with E-state index in [1.165, 1.54) is 25.0 Å². The Labute approximate surface area is 150 Å². The summed E-state index contributed by atoms with van der Waals surface area (Å²) < 4.78 is 13.4. The van der Waals surface area contributed by atoms with Crippen molar-refractivity contribution in [3.8, 4) is 0 Å². The van der Waals surface area contributed by atoms with Crippen LogP contribution < -0.4 is 5.32 Å². The maximum Gasteiger partial charge on any atom is 0.252 e. The molecule has 132 valence electrons. The fourth-order valence-electron chi connectivity index (χ4n) is 2.98. The van der Waals surface area contributed by atoms with Crippen molar-refractivity contribution in [1.29, 1.82) is 0 Å². The first-order valence-corrected chi connectivity index (χ1v) is 8.76. The third-order valence-electron chi connectivity index (χ3n) is 4.51. The number of pyridine rings is 1. The zero-order chi connectivity index (χ0) is 18.1. The second-order valence-corrected chi connectivity index (χ2v) is 6.70. The standard InChI is InChI=1S/C20H19FN4O/c1-12-8-17(16-5-4-15(21)9-18(16)25-12)20(26)22-7-6-13-10-23-19(24-11-13)14-2-3-14/h4-5,8-11,14H,2-3,6-7H2,1H3,(H,22,26). The first-order chi connectivity index (χ1) is 12.6. The van der Waals surface area contributed by atoms with Gasteiger partial charge in [0.15, 0.2) is 0 Å². The van der Waals surface area contributed by atoms with Gasteiger partial charge in [-0.25, -0.2) is 14.4 Å². The van der Waals surface area contributed by atoms with Crippen molar-refractivity contribution >= 4 is 16.8 Å². The van der Waals surface area contributed by atoms with Crippen LogP contribution in [0.3, 0.4) is 0 Å². The molecular formula is C20H19FN4O. The van der Waals surface area contributed by atoms with Crippen molar-refractivity contribution in [2.45, 2.75) is 32.1 Å². The molecule has 1 fully saturated rings. The summed E-state index contributed by atoms with van der Waals surface area (Å²) in [5, 5.41) is 3.56. The molecule has 0 aliphatic heterocycles. The van der Waals surface area contributed by atoms with Gasteiger partial charge in [-0.2, -0.15) is 0 Å². The van der Waals surface area contributed by atoms with Crippen LogP contribution in [0.1, 0.15) is 46.2 Å². The number of hydrogen-bond acceptors (Lipinski definition) is 4. The molecule has 0 spiro atoms. The Kier molecular flexibility index (Phi) is 4.32. The minimum Gasteiger partial charge on any atom is -0.352 e. The van der Waals surface area contributed by atoms with Gasteiger partial charge in [-0.3, -0.25) is 9.78 Å². The molecule has 1 N–H and O–H groups in total. The molecule has 6 heteroatoms. The average molecular weight is 350 g/mol. The Bertz CT molecular complexity index is 962. The summed E-state index contributed by atoms with van der Waals surface area (Å²) in [7, 11) is 0. The van der Waals surface area contributed by atoms with Gasteiger partial charge >= 0.3 is 0 Å². The summed E-state index contributed by atoms with van der Waals surface area (Å²) in [5.41, 5.74) is 2.66. The number of aromatic nitrogens is 3. The van der Waals surface area contributed by atoms with Crippen LogP contribution in [0.25, 0.3) is 10.9 Å². The van der Waals surface area contributed by atoms with E-state index in [4.69, 9.17) is 0 Å². The maximum atomic E-state index is 13.4. The van der Waals surface area contributed by atoms with E-state index < -0.39 is 0 Å². The van der Waals surface area contributed by atoms with E-state index >= 15 is 0 Å². The minimum absolute atomic E-state index is 0.192. The molecular weight excluding hydrogens is 331 g/mol. The van der Waals surface area contributed by atoms with Gasteiger partial charge in [0.25, 0.3) is 5.91 Å². The fourth-order valence-corrected chi connectivity index (χ4v) is 2.98. The Hall–Kier alpha value is -2.89. The molecule has 1 aliphatic carbocycles. The van der Waals surface area contributed by atoms with Crippen molar-refractivity contribution < 1.29 is 9.18 Å². The van der Waals surface area contributed by atoms with E-state index in [0.29, 0.717) is 41.0 Å². The van der Waals surface area contributed by atoms with Gasteiger partial charge in [-0.05, 0) is 49.9 Å². The van der Waals surface area contributed by atoms with Crippen LogP contribution >= 0.6 is 0 Å². The summed E-state index contributed by atoms with van der Waals surface area (Å²) in [6, 6.07) is 6.01. The number of nitrogens with zero attached hydrogens (tertiary/aromatic N) is 3. The van der Waals surface area contributed by atoms with Crippen LogP contribution in [0.5, 0.6) is 0 Å². The number of halogens is 1. The highest BCUT2D eigenvalue weighted by molar-refractivity contribution is 6.06. The van der Waals surface area contributed by atoms with Crippen molar-refractivity contribution in [3.63, 3.8) is 0 Å². The quantitative estimate of drug-likeness (QED) is 0.766. The van der Waals surface area contributed by atoms with E-state index in [0.717, 1.165) is 11.4 Å². The molecule has 3 aromatic rings. The molecule has 26 heavy (non-hydrogen) atoms. The van der Waals surface area contributed by atoms with Gasteiger partial charge in [0, 0.05) is 42.0 Å². The Morgan fingerprint density at radius 2 is 2.00 bits per heavy atom. The van der Waals surface area contributed by atoms with Crippen LogP contribution in [0.2, 0.25) is 0 Å². The molecule has 4 rings (SSSR count). The molecule has 2 heterocycles. The second kappa shape index (κ2) is 6.78. The molecule has 1 aromatic carbocycles. The zero-order valence-electron chi connectivity index (χ0n) is 14.5. The Morgan fingerprint density at radius 3 is 2.73 bits per heavy atom. The zero-order valence-corrected chi connectivity index (χ0v) is 14.5. The predicted molar refractivity (Wildman–Crippen MR) is 96.5 cm³/mol. The van der Waals surface area contributed by atoms with Crippen molar-refractivity contribution in [2.24, 2.45) is 0 Å². The first-order valence-electron chi connectivity index (χ1n) is 8.76. The van der Waals surface area contributed by atoms with Crippen LogP contribution in [0, 0.1) is 12.7 Å². The van der Waals surface area contributed by atoms with E-state index in [-0.39, 0.29) is 11.7 Å². The van der Waals surface area contributed by atoms with Crippen LogP contribution in [0.15, 0.2) is 36.7 Å². The normalized spacial score (nSPS) is 13.8. The smallest absolute Gasteiger partial charge is 0.252 e. The molecule has 2 aromatic heterocycles. The van der Waals surface area contributed by atoms with E-state index in [2.05, 4.69) is 20.3 Å². The Balaban J connectivity index is 1.44. The number of benzene rings is 1. The number of carbonyl (C=O) groups excluding carboxylic acids is 1. The van der Waals surface area contributed by atoms with Gasteiger partial charge < -0.3 is 5.32 Å². The highest BCUT2D eigenvalue weighted by atomic mass is 19.1. The maximum absolute atomic E-state index is 13.4. The topological polar surface area (TPSA) is 67.8 Å². The van der Waals surface area contributed by atoms with Gasteiger partial charge in [-0.1, -0.05) is 0 Å². The second-order valence-electron chi connectivity index (χ2n) is 6.70. The lowest BCUT2D eigenvalue weighted by molar-refractivity contribution is 0.0955. The molecule has 0 bridgehead atoms. The minimum atomic E-state index is -0.364. The predicted octanol–water partition coefficient (Wildman–Crippen LogP) is 3.32. The lowest BCUT2D eigenvalue weighted by Crippen LogP contribution is -2.26. The lowest BCUT2D eigenvalue weighted by atomic mass is 10.1. The van der Waals surface area contributed by atoms with E-state index in [1.807, 2.05) is 12.4 Å². The first kappa shape index (κ1) is 16.6. The van der Waals surface area contributed by atoms with Crippen molar-refractivity contribution in [3.05, 3.63) is 65.1 Å². The highest BCUT2D eigenvalue weighted by Gasteiger charge is 2.26. The molecule has 1 amide bonds. The third kappa shape index (κ3) is 3.54. The molecule has 0 atom stereocenters. The number of aryl methyl sites for hydroxylation is 1. The highest BCUT2D eigenvalue weighted by Crippen LogP contribution is 2.37. The molecule has 5 nitrogen and oxygen atoms in total. The van der Waals surface area contributed by atoms with Crippen LogP contribution in [0.4, 0.5) is 4.39 Å². The fraction of sp³-hybridized carbons (Fsp3) is 0.300.